The van der Waals surface area contributed by atoms with E-state index in [2.05, 4.69) is 44.1 Å². The van der Waals surface area contributed by atoms with Gasteiger partial charge in [-0.15, -0.1) is 10.2 Å². The number of nitrogens with zero attached hydrogens (tertiary/aromatic N) is 5. The van der Waals surface area contributed by atoms with Crippen LogP contribution in [-0.2, 0) is 17.7 Å². The van der Waals surface area contributed by atoms with Crippen molar-refractivity contribution >= 4 is 5.96 Å². The van der Waals surface area contributed by atoms with Crippen molar-refractivity contribution in [1.82, 2.24) is 30.3 Å². The smallest absolute Gasteiger partial charge is 0.191 e. The normalized spacial score (nSPS) is 20.9. The molecule has 1 saturated carbocycles. The molecule has 1 atom stereocenters. The Morgan fingerprint density at radius 2 is 2.07 bits per heavy atom. The molecule has 1 aliphatic carbocycles. The summed E-state index contributed by atoms with van der Waals surface area (Å²) in [6, 6.07) is 0.971. The number of hydrogen-bond acceptors (Lipinski definition) is 5. The fraction of sp³-hybridized carbons (Fsp3) is 0.850. The minimum absolute atomic E-state index is 0.429. The van der Waals surface area contributed by atoms with Crippen LogP contribution in [0.2, 0.25) is 0 Å². The van der Waals surface area contributed by atoms with Gasteiger partial charge in [-0.3, -0.25) is 9.89 Å². The van der Waals surface area contributed by atoms with Crippen LogP contribution in [-0.4, -0.2) is 77.1 Å². The van der Waals surface area contributed by atoms with Gasteiger partial charge in [0.1, 0.15) is 12.2 Å². The van der Waals surface area contributed by atoms with Gasteiger partial charge in [0, 0.05) is 44.7 Å². The molecule has 2 N–H and O–H groups in total. The van der Waals surface area contributed by atoms with E-state index in [4.69, 9.17) is 9.73 Å². The number of aromatic nitrogens is 3. The number of rotatable bonds is 8. The lowest BCUT2D eigenvalue weighted by Gasteiger charge is -2.31. The highest BCUT2D eigenvalue weighted by atomic mass is 16.5. The van der Waals surface area contributed by atoms with Crippen molar-refractivity contribution in [3.63, 3.8) is 0 Å². The predicted octanol–water partition coefficient (Wildman–Crippen LogP) is 1.43. The van der Waals surface area contributed by atoms with Crippen molar-refractivity contribution in [3.8, 4) is 0 Å². The monoisotopic (exact) mass is 391 g/mol. The van der Waals surface area contributed by atoms with Crippen molar-refractivity contribution in [2.75, 3.05) is 39.4 Å². The molecule has 1 unspecified atom stereocenters. The first kappa shape index (κ1) is 21.0. The van der Waals surface area contributed by atoms with Crippen LogP contribution in [0.4, 0.5) is 0 Å². The molecule has 1 aliphatic heterocycles. The molecule has 2 heterocycles. The van der Waals surface area contributed by atoms with Crippen LogP contribution in [0, 0.1) is 0 Å². The van der Waals surface area contributed by atoms with Gasteiger partial charge in [0.05, 0.1) is 19.8 Å². The maximum Gasteiger partial charge on any atom is 0.191 e. The second-order valence-corrected chi connectivity index (χ2v) is 7.89. The van der Waals surface area contributed by atoms with Crippen LogP contribution in [0.3, 0.4) is 0 Å². The highest BCUT2D eigenvalue weighted by Gasteiger charge is 2.18. The first-order valence-corrected chi connectivity index (χ1v) is 11.0. The fourth-order valence-corrected chi connectivity index (χ4v) is 3.98. The van der Waals surface area contributed by atoms with Crippen molar-refractivity contribution in [1.29, 1.82) is 0 Å². The topological polar surface area (TPSA) is 79.6 Å². The van der Waals surface area contributed by atoms with E-state index in [0.29, 0.717) is 12.1 Å². The van der Waals surface area contributed by atoms with Gasteiger partial charge in [0.25, 0.3) is 0 Å². The van der Waals surface area contributed by atoms with Gasteiger partial charge in [0.15, 0.2) is 5.96 Å². The van der Waals surface area contributed by atoms with Crippen molar-refractivity contribution in [2.45, 2.75) is 71.0 Å². The van der Waals surface area contributed by atoms with E-state index in [0.717, 1.165) is 64.1 Å². The van der Waals surface area contributed by atoms with Gasteiger partial charge in [-0.1, -0.05) is 26.2 Å². The van der Waals surface area contributed by atoms with E-state index in [-0.39, 0.29) is 0 Å². The van der Waals surface area contributed by atoms with E-state index in [9.17, 15) is 0 Å². The van der Waals surface area contributed by atoms with Crippen LogP contribution < -0.4 is 10.6 Å². The molecule has 1 aromatic rings. The molecular formula is C20H37N7O. The molecule has 28 heavy (non-hydrogen) atoms. The Hall–Kier alpha value is -1.67. The van der Waals surface area contributed by atoms with Crippen molar-refractivity contribution in [2.24, 2.45) is 4.99 Å². The summed E-state index contributed by atoms with van der Waals surface area (Å²) in [6.07, 6.45) is 9.19. The minimum Gasteiger partial charge on any atom is -0.379 e. The highest BCUT2D eigenvalue weighted by Crippen LogP contribution is 2.17. The number of guanidine groups is 1. The summed E-state index contributed by atoms with van der Waals surface area (Å²) < 4.78 is 7.58. The van der Waals surface area contributed by atoms with Gasteiger partial charge < -0.3 is 19.9 Å². The Morgan fingerprint density at radius 3 is 2.82 bits per heavy atom. The zero-order valence-corrected chi connectivity index (χ0v) is 17.6. The average Bonchev–Trinajstić information content (AvgIpc) is 3.20. The third-order valence-electron chi connectivity index (χ3n) is 5.79. The van der Waals surface area contributed by atoms with Crippen molar-refractivity contribution < 1.29 is 4.74 Å². The van der Waals surface area contributed by atoms with Gasteiger partial charge in [-0.2, -0.15) is 0 Å². The summed E-state index contributed by atoms with van der Waals surface area (Å²) in [5.41, 5.74) is 0. The molecule has 0 radical (unpaired) electrons. The lowest BCUT2D eigenvalue weighted by molar-refractivity contribution is 0.0220. The summed E-state index contributed by atoms with van der Waals surface area (Å²) in [5.74, 6) is 1.97. The van der Waals surface area contributed by atoms with E-state index in [1.165, 1.54) is 32.1 Å². The number of aliphatic imine (C=N–C) groups is 1. The second kappa shape index (κ2) is 11.4. The maximum absolute atomic E-state index is 5.47. The van der Waals surface area contributed by atoms with Crippen molar-refractivity contribution in [3.05, 3.63) is 12.2 Å². The summed E-state index contributed by atoms with van der Waals surface area (Å²) in [5, 5.41) is 15.4. The number of hydrogen-bond donors (Lipinski definition) is 2. The standard InChI is InChI=1S/C20H37N7O/c1-3-19-25-23-16-27(19)10-9-21-20(24-18-7-5-4-6-8-18)22-15-17(2)26-11-13-28-14-12-26/h16-18H,3-15H2,1-2H3,(H2,21,22,24). The summed E-state index contributed by atoms with van der Waals surface area (Å²) in [7, 11) is 0. The molecule has 158 valence electrons. The lowest BCUT2D eigenvalue weighted by Crippen LogP contribution is -2.47. The van der Waals surface area contributed by atoms with E-state index in [1.54, 1.807) is 0 Å². The predicted molar refractivity (Wildman–Crippen MR) is 112 cm³/mol. The highest BCUT2D eigenvalue weighted by molar-refractivity contribution is 5.80. The van der Waals surface area contributed by atoms with E-state index in [1.807, 2.05) is 6.33 Å². The molecule has 2 aliphatic rings. The molecular weight excluding hydrogens is 354 g/mol. The summed E-state index contributed by atoms with van der Waals surface area (Å²) in [4.78, 5) is 7.39. The largest absolute Gasteiger partial charge is 0.379 e. The molecule has 8 heteroatoms. The number of ether oxygens (including phenoxy) is 1. The number of aryl methyl sites for hydroxylation is 1. The molecule has 1 aromatic heterocycles. The van der Waals surface area contributed by atoms with Crippen LogP contribution in [0.15, 0.2) is 11.3 Å². The summed E-state index contributed by atoms with van der Waals surface area (Å²) in [6.45, 7) is 10.5. The number of nitrogens with one attached hydrogen (secondary N) is 2. The van der Waals surface area contributed by atoms with Crippen LogP contribution >= 0.6 is 0 Å². The Balaban J connectivity index is 1.53. The molecule has 2 fully saturated rings. The molecule has 1 saturated heterocycles. The van der Waals surface area contributed by atoms with E-state index < -0.39 is 0 Å². The third-order valence-corrected chi connectivity index (χ3v) is 5.79. The fourth-order valence-electron chi connectivity index (χ4n) is 3.98. The van der Waals surface area contributed by atoms with Crippen LogP contribution in [0.1, 0.15) is 51.8 Å². The SMILES string of the molecule is CCc1nncn1CCNC(=NCC(C)N1CCOCC1)NC1CCCCC1. The molecule has 0 bridgehead atoms. The first-order chi connectivity index (χ1) is 13.8. The zero-order chi connectivity index (χ0) is 19.6. The quantitative estimate of drug-likeness (QED) is 0.516. The zero-order valence-electron chi connectivity index (χ0n) is 17.6. The molecule has 0 amide bonds. The minimum atomic E-state index is 0.429. The lowest BCUT2D eigenvalue weighted by atomic mass is 9.96. The molecule has 8 nitrogen and oxygen atoms in total. The average molecular weight is 392 g/mol. The second-order valence-electron chi connectivity index (χ2n) is 7.89. The Labute approximate surface area is 169 Å². The Morgan fingerprint density at radius 1 is 1.29 bits per heavy atom. The van der Waals surface area contributed by atoms with Gasteiger partial charge in [-0.05, 0) is 19.8 Å². The molecule has 3 rings (SSSR count). The van der Waals surface area contributed by atoms with Crippen LogP contribution in [0.5, 0.6) is 0 Å². The van der Waals surface area contributed by atoms with E-state index >= 15 is 0 Å². The van der Waals surface area contributed by atoms with Crippen LogP contribution in [0.25, 0.3) is 0 Å². The van der Waals surface area contributed by atoms with Gasteiger partial charge >= 0.3 is 0 Å². The molecule has 0 spiro atoms. The molecule has 0 aromatic carbocycles. The third kappa shape index (κ3) is 6.44. The number of morpholine rings is 1. The Kier molecular flexibility index (Phi) is 8.54. The summed E-state index contributed by atoms with van der Waals surface area (Å²) >= 11 is 0. The van der Waals surface area contributed by atoms with Gasteiger partial charge in [0.2, 0.25) is 0 Å². The maximum atomic E-state index is 5.47. The first-order valence-electron chi connectivity index (χ1n) is 11.0. The Bertz CT molecular complexity index is 591. The van der Waals surface area contributed by atoms with Gasteiger partial charge in [-0.25, -0.2) is 0 Å².